The van der Waals surface area contributed by atoms with Crippen LogP contribution in [0.5, 0.6) is 0 Å². The molecule has 3 aromatic carbocycles. The number of hydrogen-bond donors (Lipinski definition) is 1. The van der Waals surface area contributed by atoms with Crippen LogP contribution in [0.15, 0.2) is 75.4 Å². The maximum absolute atomic E-state index is 9.30. The van der Waals surface area contributed by atoms with Crippen LogP contribution >= 0.6 is 10.0 Å². The van der Waals surface area contributed by atoms with Gasteiger partial charge in [-0.2, -0.15) is 10.0 Å². The highest BCUT2D eigenvalue weighted by Crippen LogP contribution is 2.74. The fourth-order valence-corrected chi connectivity index (χ4v) is 7.88. The molecule has 1 aliphatic rings. The topological polar surface area (TPSA) is 20.2 Å². The normalized spacial score (nSPS) is 16.0. The van der Waals surface area contributed by atoms with Gasteiger partial charge in [0.15, 0.2) is 0 Å². The summed E-state index contributed by atoms with van der Waals surface area (Å²) in [5, 5.41) is 9.30. The molecule has 1 nitrogen and oxygen atoms in total. The first-order valence-electron chi connectivity index (χ1n) is 11.2. The van der Waals surface area contributed by atoms with Crippen molar-refractivity contribution in [3.8, 4) is 11.1 Å². The smallest absolute Gasteiger partial charge is 0.0471 e. The van der Waals surface area contributed by atoms with Gasteiger partial charge in [0.25, 0.3) is 0 Å². The quantitative estimate of drug-likeness (QED) is 0.449. The van der Waals surface area contributed by atoms with Crippen molar-refractivity contribution in [2.45, 2.75) is 73.5 Å². The summed E-state index contributed by atoms with van der Waals surface area (Å²) in [5.74, 6) is 0. The molecule has 0 amide bonds. The lowest BCUT2D eigenvalue weighted by molar-refractivity contribution is 0.299. The van der Waals surface area contributed by atoms with E-state index in [2.05, 4.69) is 108 Å². The van der Waals surface area contributed by atoms with Gasteiger partial charge < -0.3 is 5.11 Å². The van der Waals surface area contributed by atoms with E-state index in [0.29, 0.717) is 6.42 Å². The van der Waals surface area contributed by atoms with E-state index in [1.54, 1.807) is 0 Å². The van der Waals surface area contributed by atoms with Crippen LogP contribution in [0.4, 0.5) is 0 Å². The molecule has 0 unspecified atom stereocenters. The number of fused-ring (bicyclic) bond motifs is 3. The molecular formula is C29H36OS. The third kappa shape index (κ3) is 3.75. The highest BCUT2D eigenvalue weighted by atomic mass is 32.3. The average molecular weight is 433 g/mol. The molecule has 0 spiro atoms. The van der Waals surface area contributed by atoms with E-state index < -0.39 is 10.0 Å². The van der Waals surface area contributed by atoms with Gasteiger partial charge in [0.05, 0.1) is 0 Å². The second-order valence-corrected chi connectivity index (χ2v) is 14.1. The van der Waals surface area contributed by atoms with Crippen molar-refractivity contribution < 1.29 is 5.11 Å². The van der Waals surface area contributed by atoms with Crippen LogP contribution < -0.4 is 0 Å². The molecule has 0 aromatic heterocycles. The standard InChI is InChI=1S/C29H36OS/c1-28(2,3)21-10-14-26-24(18-21)25-19-22(29(4,5)6)11-15-27(25)31(26,7)23-12-8-20(9-13-23)16-17-30/h8-15,18-19,30H,16-17H2,1-7H3. The third-order valence-corrected chi connectivity index (χ3v) is 10.3. The van der Waals surface area contributed by atoms with Crippen molar-refractivity contribution in [3.05, 3.63) is 77.4 Å². The van der Waals surface area contributed by atoms with Gasteiger partial charge in [-0.3, -0.25) is 0 Å². The minimum atomic E-state index is -1.32. The fraction of sp³-hybridized carbons (Fsp3) is 0.379. The van der Waals surface area contributed by atoms with E-state index in [1.807, 2.05) is 0 Å². The Bertz CT molecular complexity index is 1050. The SMILES string of the molecule is CC(C)(C)c1ccc2c(c1)-c1cc(C(C)(C)C)ccc1S2(C)c1ccc(CCO)cc1. The lowest BCUT2D eigenvalue weighted by Gasteiger charge is -2.35. The Labute approximate surface area is 189 Å². The van der Waals surface area contributed by atoms with Gasteiger partial charge in [0, 0.05) is 16.4 Å². The summed E-state index contributed by atoms with van der Waals surface area (Å²) >= 11 is 0. The molecule has 31 heavy (non-hydrogen) atoms. The maximum Gasteiger partial charge on any atom is 0.0471 e. The summed E-state index contributed by atoms with van der Waals surface area (Å²) < 4.78 is 0. The maximum atomic E-state index is 9.30. The molecule has 3 aromatic rings. The van der Waals surface area contributed by atoms with Crippen molar-refractivity contribution >= 4 is 10.0 Å². The molecule has 2 heteroatoms. The number of aliphatic hydroxyl groups excluding tert-OH is 1. The molecule has 0 saturated carbocycles. The van der Waals surface area contributed by atoms with E-state index in [-0.39, 0.29) is 17.4 Å². The first kappa shape index (κ1) is 22.2. The largest absolute Gasteiger partial charge is 0.396 e. The molecule has 0 fully saturated rings. The van der Waals surface area contributed by atoms with E-state index in [1.165, 1.54) is 42.5 Å². The van der Waals surface area contributed by atoms with E-state index in [9.17, 15) is 5.11 Å². The van der Waals surface area contributed by atoms with Gasteiger partial charge >= 0.3 is 0 Å². The molecular weight excluding hydrogens is 396 g/mol. The highest BCUT2D eigenvalue weighted by Gasteiger charge is 2.38. The Morgan fingerprint density at radius 1 is 0.677 bits per heavy atom. The van der Waals surface area contributed by atoms with E-state index in [0.717, 1.165) is 0 Å². The first-order valence-corrected chi connectivity index (χ1v) is 13.3. The molecule has 1 heterocycles. The zero-order valence-corrected chi connectivity index (χ0v) is 20.9. The number of aliphatic hydroxyl groups is 1. The lowest BCUT2D eigenvalue weighted by Crippen LogP contribution is -2.11. The Morgan fingerprint density at radius 2 is 1.13 bits per heavy atom. The summed E-state index contributed by atoms with van der Waals surface area (Å²) in [7, 11) is -1.32. The lowest BCUT2D eigenvalue weighted by atomic mass is 9.83. The van der Waals surface area contributed by atoms with Crippen molar-refractivity contribution in [1.29, 1.82) is 0 Å². The van der Waals surface area contributed by atoms with Crippen molar-refractivity contribution in [2.24, 2.45) is 0 Å². The minimum Gasteiger partial charge on any atom is -0.396 e. The van der Waals surface area contributed by atoms with Crippen LogP contribution in [0.1, 0.15) is 58.2 Å². The molecule has 1 aliphatic heterocycles. The summed E-state index contributed by atoms with van der Waals surface area (Å²) in [6.07, 6.45) is 3.16. The highest BCUT2D eigenvalue weighted by molar-refractivity contribution is 8.33. The molecule has 1 N–H and O–H groups in total. The van der Waals surface area contributed by atoms with Gasteiger partial charge in [-0.25, -0.2) is 0 Å². The number of benzene rings is 3. The van der Waals surface area contributed by atoms with Gasteiger partial charge in [-0.1, -0.05) is 65.8 Å². The van der Waals surface area contributed by atoms with Gasteiger partial charge in [-0.15, -0.1) is 0 Å². The number of hydrogen-bond acceptors (Lipinski definition) is 1. The van der Waals surface area contributed by atoms with Gasteiger partial charge in [0.1, 0.15) is 0 Å². The zero-order chi connectivity index (χ0) is 22.6. The molecule has 0 saturated heterocycles. The third-order valence-electron chi connectivity index (χ3n) is 6.66. The minimum absolute atomic E-state index is 0.122. The number of rotatable bonds is 3. The predicted octanol–water partition coefficient (Wildman–Crippen LogP) is 7.71. The summed E-state index contributed by atoms with van der Waals surface area (Å²) in [6.45, 7) is 14.0. The summed E-state index contributed by atoms with van der Waals surface area (Å²) in [4.78, 5) is 4.33. The molecule has 4 rings (SSSR count). The van der Waals surface area contributed by atoms with Crippen molar-refractivity contribution in [2.75, 3.05) is 12.9 Å². The Hall–Kier alpha value is -2.03. The van der Waals surface area contributed by atoms with Crippen LogP contribution in [0.3, 0.4) is 0 Å². The molecule has 0 atom stereocenters. The molecule has 0 radical (unpaired) electrons. The van der Waals surface area contributed by atoms with Crippen LogP contribution in [0.25, 0.3) is 11.1 Å². The van der Waals surface area contributed by atoms with Crippen LogP contribution in [0.2, 0.25) is 0 Å². The van der Waals surface area contributed by atoms with E-state index >= 15 is 0 Å². The van der Waals surface area contributed by atoms with Gasteiger partial charge in [0.2, 0.25) is 0 Å². The molecule has 0 bridgehead atoms. The Morgan fingerprint density at radius 3 is 1.52 bits per heavy atom. The molecule has 164 valence electrons. The van der Waals surface area contributed by atoms with Crippen LogP contribution in [-0.2, 0) is 17.3 Å². The van der Waals surface area contributed by atoms with Gasteiger partial charge in [-0.05, 0) is 92.6 Å². The van der Waals surface area contributed by atoms with Crippen LogP contribution in [0, 0.1) is 0 Å². The Kier molecular flexibility index (Phi) is 5.39. The molecule has 0 aliphatic carbocycles. The van der Waals surface area contributed by atoms with E-state index in [4.69, 9.17) is 0 Å². The summed E-state index contributed by atoms with van der Waals surface area (Å²) in [6, 6.07) is 23.3. The van der Waals surface area contributed by atoms with Crippen molar-refractivity contribution in [1.82, 2.24) is 0 Å². The monoisotopic (exact) mass is 432 g/mol. The zero-order valence-electron chi connectivity index (χ0n) is 20.0. The fourth-order valence-electron chi connectivity index (χ4n) is 4.56. The summed E-state index contributed by atoms with van der Waals surface area (Å²) in [5.41, 5.74) is 7.03. The van der Waals surface area contributed by atoms with Crippen LogP contribution in [-0.4, -0.2) is 18.0 Å². The van der Waals surface area contributed by atoms with Crippen molar-refractivity contribution in [3.63, 3.8) is 0 Å². The predicted molar refractivity (Wildman–Crippen MR) is 135 cm³/mol. The second kappa shape index (κ2) is 7.53. The first-order chi connectivity index (χ1) is 14.5. The average Bonchev–Trinajstić information content (AvgIpc) is 2.96. The Balaban J connectivity index is 1.97. The second-order valence-electron chi connectivity index (χ2n) is 11.0.